The molecule has 1 rings (SSSR count). The number of nitrogens with two attached hydrogens (primary N) is 2. The first-order valence-corrected chi connectivity index (χ1v) is 5.35. The number of halogens is 1. The van der Waals surface area contributed by atoms with Crippen LogP contribution in [0.3, 0.4) is 0 Å². The minimum absolute atomic E-state index is 0.269. The highest BCUT2D eigenvalue weighted by atomic mass is 35.5. The molecule has 0 radical (unpaired) electrons. The van der Waals surface area contributed by atoms with Gasteiger partial charge < -0.3 is 16.2 Å². The number of anilines is 1. The van der Waals surface area contributed by atoms with E-state index in [1.54, 1.807) is 0 Å². The van der Waals surface area contributed by atoms with E-state index in [4.69, 9.17) is 27.8 Å². The molecule has 1 aromatic rings. The second kappa shape index (κ2) is 5.07. The summed E-state index contributed by atoms with van der Waals surface area (Å²) in [4.78, 5) is 11.2. The molecule has 1 amide bonds. The average Bonchev–Trinajstić information content (AvgIpc) is 2.24. The number of benzene rings is 1. The van der Waals surface area contributed by atoms with Gasteiger partial charge in [0.15, 0.2) is 0 Å². The molecule has 0 aliphatic heterocycles. The van der Waals surface area contributed by atoms with Crippen molar-refractivity contribution < 1.29 is 9.53 Å². The minimum atomic E-state index is -0.573. The first kappa shape index (κ1) is 12.6. The van der Waals surface area contributed by atoms with Crippen molar-refractivity contribution in [3.8, 4) is 5.75 Å². The van der Waals surface area contributed by atoms with Crippen molar-refractivity contribution in [2.75, 3.05) is 12.8 Å². The summed E-state index contributed by atoms with van der Waals surface area (Å²) in [5, 5.41) is 0.332. The molecule has 0 spiro atoms. The van der Waals surface area contributed by atoms with E-state index in [9.17, 15) is 4.79 Å². The van der Waals surface area contributed by atoms with E-state index in [2.05, 4.69) is 0 Å². The van der Waals surface area contributed by atoms with Crippen LogP contribution in [0.15, 0.2) is 6.07 Å². The molecule has 16 heavy (non-hydrogen) atoms. The van der Waals surface area contributed by atoms with Crippen LogP contribution in [0.25, 0.3) is 0 Å². The summed E-state index contributed by atoms with van der Waals surface area (Å²) >= 11 is 5.94. The number of carbonyl (C=O) groups excluding carboxylic acids is 1. The van der Waals surface area contributed by atoms with Crippen LogP contribution in [-0.2, 0) is 6.42 Å². The molecular weight excluding hydrogens is 228 g/mol. The summed E-state index contributed by atoms with van der Waals surface area (Å²) < 4.78 is 5.19. The van der Waals surface area contributed by atoms with Gasteiger partial charge in [-0.25, -0.2) is 0 Å². The van der Waals surface area contributed by atoms with Crippen molar-refractivity contribution in [1.29, 1.82) is 0 Å². The number of amides is 1. The van der Waals surface area contributed by atoms with E-state index in [1.807, 2.05) is 6.92 Å². The molecule has 0 unspecified atom stereocenters. The van der Waals surface area contributed by atoms with Crippen LogP contribution in [0.5, 0.6) is 5.75 Å². The number of hydrogen-bond donors (Lipinski definition) is 2. The van der Waals surface area contributed by atoms with Gasteiger partial charge in [-0.15, -0.1) is 0 Å². The fraction of sp³-hybridized carbons (Fsp3) is 0.364. The topological polar surface area (TPSA) is 78.3 Å². The van der Waals surface area contributed by atoms with Gasteiger partial charge in [-0.2, -0.15) is 0 Å². The second-order valence-electron chi connectivity index (χ2n) is 3.45. The standard InChI is InChI=1S/C11H15ClN2O2/c1-3-4-6-9(13)8(12)5-7(11(14)15)10(6)16-2/h5H,3-4,13H2,1-2H3,(H2,14,15). The quantitative estimate of drug-likeness (QED) is 0.793. The Bertz CT molecular complexity index is 419. The first-order valence-electron chi connectivity index (χ1n) is 4.97. The third kappa shape index (κ3) is 2.22. The summed E-state index contributed by atoms with van der Waals surface area (Å²) in [6, 6.07) is 1.44. The number of nitrogen functional groups attached to an aromatic ring is 1. The van der Waals surface area contributed by atoms with Gasteiger partial charge in [-0.05, 0) is 12.5 Å². The molecule has 0 fully saturated rings. The average molecular weight is 243 g/mol. The van der Waals surface area contributed by atoms with E-state index in [0.29, 0.717) is 22.9 Å². The third-order valence-corrected chi connectivity index (χ3v) is 2.65. The number of hydrogen-bond acceptors (Lipinski definition) is 3. The van der Waals surface area contributed by atoms with Crippen molar-refractivity contribution in [2.45, 2.75) is 19.8 Å². The van der Waals surface area contributed by atoms with Crippen LogP contribution >= 0.6 is 11.6 Å². The Morgan fingerprint density at radius 2 is 2.19 bits per heavy atom. The van der Waals surface area contributed by atoms with Gasteiger partial charge in [0.1, 0.15) is 5.75 Å². The van der Waals surface area contributed by atoms with Crippen LogP contribution < -0.4 is 16.2 Å². The lowest BCUT2D eigenvalue weighted by molar-refractivity contribution is 0.0997. The van der Waals surface area contributed by atoms with Crippen LogP contribution in [0.1, 0.15) is 29.3 Å². The van der Waals surface area contributed by atoms with Crippen LogP contribution in [0.2, 0.25) is 5.02 Å². The second-order valence-corrected chi connectivity index (χ2v) is 3.85. The molecule has 0 atom stereocenters. The monoisotopic (exact) mass is 242 g/mol. The number of primary amides is 1. The van der Waals surface area contributed by atoms with Crippen LogP contribution in [-0.4, -0.2) is 13.0 Å². The van der Waals surface area contributed by atoms with Gasteiger partial charge in [0.05, 0.1) is 23.4 Å². The highest BCUT2D eigenvalue weighted by Gasteiger charge is 2.18. The molecule has 0 saturated carbocycles. The molecule has 4 nitrogen and oxygen atoms in total. The van der Waals surface area contributed by atoms with Crippen molar-refractivity contribution in [1.82, 2.24) is 0 Å². The van der Waals surface area contributed by atoms with Crippen molar-refractivity contribution in [2.24, 2.45) is 5.73 Å². The molecule has 0 aliphatic rings. The Labute approximate surface area is 99.5 Å². The fourth-order valence-corrected chi connectivity index (χ4v) is 1.84. The largest absolute Gasteiger partial charge is 0.496 e. The fourth-order valence-electron chi connectivity index (χ4n) is 1.61. The van der Waals surface area contributed by atoms with Gasteiger partial charge in [0, 0.05) is 5.56 Å². The van der Waals surface area contributed by atoms with Crippen LogP contribution in [0, 0.1) is 0 Å². The molecule has 4 N–H and O–H groups in total. The summed E-state index contributed by atoms with van der Waals surface area (Å²) in [7, 11) is 1.48. The maximum atomic E-state index is 11.2. The highest BCUT2D eigenvalue weighted by molar-refractivity contribution is 6.33. The van der Waals surface area contributed by atoms with Gasteiger partial charge in [0.2, 0.25) is 0 Å². The molecule has 0 aromatic heterocycles. The summed E-state index contributed by atoms with van der Waals surface area (Å²) in [6.07, 6.45) is 1.56. The zero-order valence-electron chi connectivity index (χ0n) is 9.34. The van der Waals surface area contributed by atoms with Gasteiger partial charge in [-0.1, -0.05) is 24.9 Å². The summed E-state index contributed by atoms with van der Waals surface area (Å²) in [5.74, 6) is -0.146. The van der Waals surface area contributed by atoms with E-state index in [-0.39, 0.29) is 5.56 Å². The van der Waals surface area contributed by atoms with Gasteiger partial charge >= 0.3 is 0 Å². The lowest BCUT2D eigenvalue weighted by atomic mass is 10.0. The molecular formula is C11H15ClN2O2. The zero-order chi connectivity index (χ0) is 12.3. The maximum Gasteiger partial charge on any atom is 0.252 e. The van der Waals surface area contributed by atoms with E-state index in [1.165, 1.54) is 13.2 Å². The maximum absolute atomic E-state index is 11.2. The summed E-state index contributed by atoms with van der Waals surface area (Å²) in [5.41, 5.74) is 12.6. The van der Waals surface area contributed by atoms with E-state index >= 15 is 0 Å². The minimum Gasteiger partial charge on any atom is -0.496 e. The predicted molar refractivity (Wildman–Crippen MR) is 64.9 cm³/mol. The highest BCUT2D eigenvalue weighted by Crippen LogP contribution is 2.35. The Morgan fingerprint density at radius 3 is 2.62 bits per heavy atom. The Balaban J connectivity index is 3.48. The lowest BCUT2D eigenvalue weighted by Crippen LogP contribution is -2.14. The number of rotatable bonds is 4. The molecule has 0 heterocycles. The Hall–Kier alpha value is -1.42. The van der Waals surface area contributed by atoms with E-state index < -0.39 is 5.91 Å². The predicted octanol–water partition coefficient (Wildman–Crippen LogP) is 1.98. The molecule has 0 aliphatic carbocycles. The number of methoxy groups -OCH3 is 1. The smallest absolute Gasteiger partial charge is 0.252 e. The molecule has 0 saturated heterocycles. The van der Waals surface area contributed by atoms with Gasteiger partial charge in [0.25, 0.3) is 5.91 Å². The lowest BCUT2D eigenvalue weighted by Gasteiger charge is -2.15. The third-order valence-electron chi connectivity index (χ3n) is 2.34. The number of ether oxygens (including phenoxy) is 1. The number of carbonyl (C=O) groups is 1. The molecule has 0 bridgehead atoms. The summed E-state index contributed by atoms with van der Waals surface area (Å²) in [6.45, 7) is 2.00. The van der Waals surface area contributed by atoms with E-state index in [0.717, 1.165) is 12.0 Å². The Kier molecular flexibility index (Phi) is 4.01. The van der Waals surface area contributed by atoms with Crippen LogP contribution in [0.4, 0.5) is 5.69 Å². The zero-order valence-corrected chi connectivity index (χ0v) is 10.1. The molecule has 88 valence electrons. The normalized spacial score (nSPS) is 10.2. The van der Waals surface area contributed by atoms with Crippen molar-refractivity contribution >= 4 is 23.2 Å². The molecule has 1 aromatic carbocycles. The van der Waals surface area contributed by atoms with Gasteiger partial charge in [-0.3, -0.25) is 4.79 Å². The van der Waals surface area contributed by atoms with Crippen molar-refractivity contribution in [3.05, 3.63) is 22.2 Å². The first-order chi connectivity index (χ1) is 7.52. The SMILES string of the molecule is CCCc1c(N)c(Cl)cc(C(N)=O)c1OC. The van der Waals surface area contributed by atoms with Crippen molar-refractivity contribution in [3.63, 3.8) is 0 Å². The Morgan fingerprint density at radius 1 is 1.56 bits per heavy atom. The molecule has 5 heteroatoms.